The Hall–Kier alpha value is -2.37. The lowest BCUT2D eigenvalue weighted by Gasteiger charge is -2.30. The van der Waals surface area contributed by atoms with E-state index in [2.05, 4.69) is 24.0 Å². The van der Waals surface area contributed by atoms with E-state index in [9.17, 15) is 4.79 Å². The number of piperidine rings is 1. The van der Waals surface area contributed by atoms with Crippen molar-refractivity contribution in [3.63, 3.8) is 0 Å². The van der Waals surface area contributed by atoms with Crippen molar-refractivity contribution < 1.29 is 4.79 Å². The zero-order chi connectivity index (χ0) is 19.3. The Kier molecular flexibility index (Phi) is 5.93. The number of benzene rings is 2. The topological polar surface area (TPSA) is 35.9 Å². The molecule has 0 saturated carbocycles. The molecule has 5 heteroatoms. The van der Waals surface area contributed by atoms with Crippen LogP contribution in [-0.2, 0) is 4.79 Å². The van der Waals surface area contributed by atoms with Crippen LogP contribution in [0.4, 0.5) is 5.69 Å². The highest BCUT2D eigenvalue weighted by Gasteiger charge is 2.34. The van der Waals surface area contributed by atoms with Crippen LogP contribution in [0, 0.1) is 6.92 Å². The number of aryl methyl sites for hydroxylation is 1. The fraction of sp³-hybridized carbons (Fsp3) is 0.304. The van der Waals surface area contributed by atoms with Crippen molar-refractivity contribution in [1.29, 1.82) is 0 Å². The van der Waals surface area contributed by atoms with Crippen LogP contribution >= 0.6 is 11.8 Å². The maximum Gasteiger partial charge on any atom is 0.267 e. The zero-order valence-electron chi connectivity index (χ0n) is 16.2. The number of rotatable bonds is 4. The number of hydrogen-bond donors (Lipinski definition) is 0. The van der Waals surface area contributed by atoms with Gasteiger partial charge in [0.15, 0.2) is 5.17 Å². The van der Waals surface area contributed by atoms with Crippen molar-refractivity contribution in [2.24, 2.45) is 4.99 Å². The zero-order valence-corrected chi connectivity index (χ0v) is 17.0. The fourth-order valence-electron chi connectivity index (χ4n) is 3.45. The third kappa shape index (κ3) is 4.54. The minimum atomic E-state index is 0.0466. The molecule has 0 N–H and O–H groups in total. The number of hydrogen-bond acceptors (Lipinski definition) is 4. The molecule has 2 heterocycles. The van der Waals surface area contributed by atoms with Crippen LogP contribution < -0.4 is 0 Å². The molecular formula is C23H25N3OS. The highest BCUT2D eigenvalue weighted by atomic mass is 32.2. The van der Waals surface area contributed by atoms with Crippen molar-refractivity contribution in [3.05, 3.63) is 70.6 Å². The molecule has 144 valence electrons. The number of thioether (sulfide) groups is 1. The molecule has 0 aromatic heterocycles. The summed E-state index contributed by atoms with van der Waals surface area (Å²) in [5, 5.41) is 0.765. The molecule has 2 aromatic rings. The van der Waals surface area contributed by atoms with Crippen molar-refractivity contribution >= 4 is 34.6 Å². The largest absolute Gasteiger partial charge is 0.286 e. The van der Waals surface area contributed by atoms with Crippen LogP contribution in [0.2, 0.25) is 0 Å². The average Bonchev–Trinajstić information content (AvgIpc) is 3.00. The SMILES string of the molecule is Cc1ccc(N=C2S/C(=C\c3ccccc3)C(=O)N2CN2CCCCC2)cc1. The van der Waals surface area contributed by atoms with Gasteiger partial charge in [0.25, 0.3) is 5.91 Å². The molecule has 0 atom stereocenters. The number of carbonyl (C=O) groups excluding carboxylic acids is 1. The lowest BCUT2D eigenvalue weighted by molar-refractivity contribution is -0.123. The minimum Gasteiger partial charge on any atom is -0.286 e. The summed E-state index contributed by atoms with van der Waals surface area (Å²) in [6.45, 7) is 4.77. The Balaban J connectivity index is 1.63. The summed E-state index contributed by atoms with van der Waals surface area (Å²) in [6, 6.07) is 18.1. The van der Waals surface area contributed by atoms with Crippen LogP contribution in [0.25, 0.3) is 6.08 Å². The predicted octanol–water partition coefficient (Wildman–Crippen LogP) is 5.04. The minimum absolute atomic E-state index is 0.0466. The number of amidine groups is 1. The normalized spacial score (nSPS) is 21.0. The van der Waals surface area contributed by atoms with E-state index in [-0.39, 0.29) is 5.91 Å². The molecule has 2 aromatic carbocycles. The summed E-state index contributed by atoms with van der Waals surface area (Å²) < 4.78 is 0. The fourth-order valence-corrected chi connectivity index (χ4v) is 4.44. The average molecular weight is 392 g/mol. The molecule has 4 rings (SSSR count). The standard InChI is InChI=1S/C23H25N3OS/c1-18-10-12-20(13-11-18)24-23-26(17-25-14-6-3-7-15-25)22(27)21(28-23)16-19-8-4-2-5-9-19/h2,4-5,8-13,16H,3,6-7,14-15,17H2,1H3/b21-16-,24-23?. The molecule has 2 saturated heterocycles. The van der Waals surface area contributed by atoms with Crippen LogP contribution in [0.1, 0.15) is 30.4 Å². The Morgan fingerprint density at radius 2 is 1.71 bits per heavy atom. The monoisotopic (exact) mass is 391 g/mol. The number of aliphatic imine (C=N–C) groups is 1. The van der Waals surface area contributed by atoms with Gasteiger partial charge < -0.3 is 0 Å². The van der Waals surface area contributed by atoms with Crippen LogP contribution in [0.15, 0.2) is 64.5 Å². The summed E-state index contributed by atoms with van der Waals surface area (Å²) >= 11 is 1.47. The van der Waals surface area contributed by atoms with Gasteiger partial charge in [-0.15, -0.1) is 0 Å². The van der Waals surface area contributed by atoms with Gasteiger partial charge in [-0.3, -0.25) is 14.6 Å². The molecule has 0 aliphatic carbocycles. The van der Waals surface area contributed by atoms with E-state index in [1.165, 1.54) is 36.6 Å². The number of amides is 1. The summed E-state index contributed by atoms with van der Waals surface area (Å²) in [6.07, 6.45) is 5.65. The third-order valence-corrected chi connectivity index (χ3v) is 6.04. The van der Waals surface area contributed by atoms with E-state index < -0.39 is 0 Å². The maximum absolute atomic E-state index is 13.2. The first-order valence-electron chi connectivity index (χ1n) is 9.83. The van der Waals surface area contributed by atoms with E-state index in [1.54, 1.807) is 0 Å². The Morgan fingerprint density at radius 1 is 1.00 bits per heavy atom. The van der Waals surface area contributed by atoms with Crippen LogP contribution in [0.5, 0.6) is 0 Å². The van der Waals surface area contributed by atoms with E-state index in [0.29, 0.717) is 6.67 Å². The molecule has 4 nitrogen and oxygen atoms in total. The highest BCUT2D eigenvalue weighted by Crippen LogP contribution is 2.34. The lowest BCUT2D eigenvalue weighted by Crippen LogP contribution is -2.43. The van der Waals surface area contributed by atoms with Gasteiger partial charge in [-0.1, -0.05) is 54.4 Å². The number of likely N-dealkylation sites (tertiary alicyclic amines) is 1. The summed E-state index contributed by atoms with van der Waals surface area (Å²) in [7, 11) is 0. The maximum atomic E-state index is 13.2. The van der Waals surface area contributed by atoms with Gasteiger partial charge in [-0.2, -0.15) is 0 Å². The molecule has 2 aliphatic heterocycles. The van der Waals surface area contributed by atoms with E-state index in [0.717, 1.165) is 34.4 Å². The van der Waals surface area contributed by atoms with E-state index in [1.807, 2.05) is 53.4 Å². The van der Waals surface area contributed by atoms with Gasteiger partial charge in [0.2, 0.25) is 0 Å². The van der Waals surface area contributed by atoms with Crippen molar-refractivity contribution in [1.82, 2.24) is 9.80 Å². The molecule has 0 spiro atoms. The molecule has 0 radical (unpaired) electrons. The molecule has 0 bridgehead atoms. The van der Waals surface area contributed by atoms with E-state index in [4.69, 9.17) is 4.99 Å². The summed E-state index contributed by atoms with van der Waals surface area (Å²) in [4.78, 5) is 22.9. The second-order valence-corrected chi connectivity index (χ2v) is 8.31. The second-order valence-electron chi connectivity index (χ2n) is 7.30. The van der Waals surface area contributed by atoms with Crippen molar-refractivity contribution in [3.8, 4) is 0 Å². The number of carbonyl (C=O) groups is 1. The quantitative estimate of drug-likeness (QED) is 0.685. The third-order valence-electron chi connectivity index (χ3n) is 5.03. The van der Waals surface area contributed by atoms with Gasteiger partial charge in [-0.25, -0.2) is 4.99 Å². The molecule has 28 heavy (non-hydrogen) atoms. The van der Waals surface area contributed by atoms with Crippen LogP contribution in [0.3, 0.4) is 0 Å². The van der Waals surface area contributed by atoms with Gasteiger partial charge in [0, 0.05) is 0 Å². The first-order valence-corrected chi connectivity index (χ1v) is 10.6. The molecule has 1 amide bonds. The smallest absolute Gasteiger partial charge is 0.267 e. The summed E-state index contributed by atoms with van der Waals surface area (Å²) in [5.74, 6) is 0.0466. The van der Waals surface area contributed by atoms with Crippen LogP contribution in [-0.4, -0.2) is 40.6 Å². The molecule has 2 aliphatic rings. The number of nitrogens with zero attached hydrogens (tertiary/aromatic N) is 3. The molecule has 2 fully saturated rings. The van der Waals surface area contributed by atoms with Gasteiger partial charge in [0.05, 0.1) is 17.3 Å². The summed E-state index contributed by atoms with van der Waals surface area (Å²) in [5.41, 5.74) is 3.12. The first-order chi connectivity index (χ1) is 13.7. The second kappa shape index (κ2) is 8.76. The highest BCUT2D eigenvalue weighted by molar-refractivity contribution is 8.18. The van der Waals surface area contributed by atoms with Gasteiger partial charge >= 0.3 is 0 Å². The lowest BCUT2D eigenvalue weighted by atomic mass is 10.1. The van der Waals surface area contributed by atoms with Crippen molar-refractivity contribution in [2.45, 2.75) is 26.2 Å². The van der Waals surface area contributed by atoms with Crippen molar-refractivity contribution in [2.75, 3.05) is 19.8 Å². The Morgan fingerprint density at radius 3 is 2.43 bits per heavy atom. The Bertz CT molecular complexity index is 884. The van der Waals surface area contributed by atoms with Gasteiger partial charge in [-0.05, 0) is 68.4 Å². The van der Waals surface area contributed by atoms with Gasteiger partial charge in [0.1, 0.15) is 0 Å². The molecule has 0 unspecified atom stereocenters. The predicted molar refractivity (Wildman–Crippen MR) is 117 cm³/mol. The Labute approximate surface area is 171 Å². The first kappa shape index (κ1) is 19.0. The van der Waals surface area contributed by atoms with E-state index >= 15 is 0 Å². The molecular weight excluding hydrogens is 366 g/mol.